The summed E-state index contributed by atoms with van der Waals surface area (Å²) < 4.78 is 0. The smallest absolute Gasteiger partial charge is 0.172 e. The zero-order valence-corrected chi connectivity index (χ0v) is 8.38. The molecule has 70 valence electrons. The van der Waals surface area contributed by atoms with Crippen LogP contribution < -0.4 is 21.7 Å². The molecule has 0 amide bonds. The van der Waals surface area contributed by atoms with Gasteiger partial charge >= 0.3 is 0 Å². The molecule has 0 saturated carbocycles. The van der Waals surface area contributed by atoms with E-state index in [0.717, 1.165) is 11.4 Å². The van der Waals surface area contributed by atoms with Crippen LogP contribution in [0.15, 0.2) is 22.8 Å². The molecule has 5 N–H and O–H groups in total. The molecule has 0 spiro atoms. The van der Waals surface area contributed by atoms with Crippen molar-refractivity contribution in [3.63, 3.8) is 0 Å². The second-order valence-corrected chi connectivity index (χ2v) is 3.70. The van der Waals surface area contributed by atoms with E-state index in [1.807, 2.05) is 6.92 Å². The van der Waals surface area contributed by atoms with E-state index in [0.29, 0.717) is 10.9 Å². The third-order valence-corrected chi connectivity index (χ3v) is 2.67. The minimum Gasteiger partial charge on any atom is -0.384 e. The zero-order chi connectivity index (χ0) is 9.59. The molecule has 2 heterocycles. The monoisotopic (exact) mass is 196 g/mol. The lowest BCUT2D eigenvalue weighted by Gasteiger charge is -2.25. The number of allylic oxidation sites excluding steroid dienone is 1. The van der Waals surface area contributed by atoms with Crippen LogP contribution in [-0.2, 0) is 0 Å². The summed E-state index contributed by atoms with van der Waals surface area (Å²) in [6.07, 6.45) is 0. The molecule has 0 saturated heterocycles. The number of fused-ring (bicyclic) bond motifs is 1. The SMILES string of the molecule is CC1=C(C)C2NC(=S)NC(N)=C2N1. The second kappa shape index (κ2) is 2.63. The lowest BCUT2D eigenvalue weighted by atomic mass is 10.1. The first-order valence-electron chi connectivity index (χ1n) is 4.11. The van der Waals surface area contributed by atoms with Crippen molar-refractivity contribution in [1.29, 1.82) is 0 Å². The van der Waals surface area contributed by atoms with E-state index >= 15 is 0 Å². The topological polar surface area (TPSA) is 62.1 Å². The van der Waals surface area contributed by atoms with Crippen LogP contribution >= 0.6 is 12.2 Å². The minimum absolute atomic E-state index is 0.133. The van der Waals surface area contributed by atoms with Crippen LogP contribution in [0.2, 0.25) is 0 Å². The first kappa shape index (κ1) is 8.37. The Balaban J connectivity index is 2.41. The fourth-order valence-corrected chi connectivity index (χ4v) is 1.79. The fourth-order valence-electron chi connectivity index (χ4n) is 1.57. The molecule has 2 aliphatic rings. The molecule has 0 aromatic carbocycles. The van der Waals surface area contributed by atoms with Crippen molar-refractivity contribution in [3.05, 3.63) is 22.8 Å². The highest BCUT2D eigenvalue weighted by molar-refractivity contribution is 7.80. The zero-order valence-electron chi connectivity index (χ0n) is 7.56. The van der Waals surface area contributed by atoms with Crippen LogP contribution in [0.3, 0.4) is 0 Å². The van der Waals surface area contributed by atoms with Gasteiger partial charge in [0.05, 0.1) is 11.7 Å². The maximum Gasteiger partial charge on any atom is 0.172 e. The molecular formula is C8H12N4S. The van der Waals surface area contributed by atoms with Crippen molar-refractivity contribution < 1.29 is 0 Å². The lowest BCUT2D eigenvalue weighted by molar-refractivity contribution is 0.715. The molecule has 0 bridgehead atoms. The Hall–Kier alpha value is -1.23. The summed E-state index contributed by atoms with van der Waals surface area (Å²) in [7, 11) is 0. The van der Waals surface area contributed by atoms with Crippen LogP contribution in [0.1, 0.15) is 13.8 Å². The Morgan fingerprint density at radius 2 is 2.00 bits per heavy atom. The Kier molecular flexibility index (Phi) is 1.69. The van der Waals surface area contributed by atoms with Crippen LogP contribution in [0.5, 0.6) is 0 Å². The molecule has 4 nitrogen and oxygen atoms in total. The number of thiocarbonyl (C=S) groups is 1. The standard InChI is InChI=1S/C8H12N4S/c1-3-4(2)10-6-5(3)11-8(13)12-7(6)9/h5,10H,9H2,1-2H3,(H2,11,12,13). The molecule has 13 heavy (non-hydrogen) atoms. The van der Waals surface area contributed by atoms with Crippen molar-refractivity contribution in [2.24, 2.45) is 5.73 Å². The van der Waals surface area contributed by atoms with Crippen molar-refractivity contribution in [2.75, 3.05) is 0 Å². The highest BCUT2D eigenvalue weighted by Gasteiger charge is 2.31. The average Bonchev–Trinajstić information content (AvgIpc) is 2.32. The molecule has 0 fully saturated rings. The van der Waals surface area contributed by atoms with Gasteiger partial charge in [-0.1, -0.05) is 0 Å². The van der Waals surface area contributed by atoms with E-state index < -0.39 is 0 Å². The summed E-state index contributed by atoms with van der Waals surface area (Å²) in [6.45, 7) is 4.09. The minimum atomic E-state index is 0.133. The van der Waals surface area contributed by atoms with E-state index in [9.17, 15) is 0 Å². The molecule has 0 aromatic heterocycles. The molecule has 2 rings (SSSR count). The normalized spacial score (nSPS) is 26.6. The van der Waals surface area contributed by atoms with Crippen molar-refractivity contribution in [1.82, 2.24) is 16.0 Å². The van der Waals surface area contributed by atoms with Gasteiger partial charge in [0, 0.05) is 5.70 Å². The van der Waals surface area contributed by atoms with Gasteiger partial charge in [0.25, 0.3) is 0 Å². The summed E-state index contributed by atoms with van der Waals surface area (Å²) in [5.74, 6) is 0.616. The van der Waals surface area contributed by atoms with Crippen LogP contribution in [0.25, 0.3) is 0 Å². The maximum atomic E-state index is 5.79. The van der Waals surface area contributed by atoms with Gasteiger partial charge in [-0.05, 0) is 31.6 Å². The quantitative estimate of drug-likeness (QED) is 0.406. The Morgan fingerprint density at radius 3 is 2.69 bits per heavy atom. The first-order valence-corrected chi connectivity index (χ1v) is 4.52. The molecule has 1 atom stereocenters. The van der Waals surface area contributed by atoms with Crippen molar-refractivity contribution in [3.8, 4) is 0 Å². The highest BCUT2D eigenvalue weighted by atomic mass is 32.1. The lowest BCUT2D eigenvalue weighted by Crippen LogP contribution is -2.50. The van der Waals surface area contributed by atoms with E-state index in [4.69, 9.17) is 18.0 Å². The second-order valence-electron chi connectivity index (χ2n) is 3.29. The van der Waals surface area contributed by atoms with Gasteiger partial charge in [0.2, 0.25) is 0 Å². The molecule has 0 aromatic rings. The molecule has 0 radical (unpaired) electrons. The third-order valence-electron chi connectivity index (χ3n) is 2.45. The summed E-state index contributed by atoms with van der Waals surface area (Å²) in [6, 6.07) is 0.133. The predicted molar refractivity (Wildman–Crippen MR) is 55.4 cm³/mol. The predicted octanol–water partition coefficient (Wildman–Crippen LogP) is -0.142. The van der Waals surface area contributed by atoms with E-state index in [-0.39, 0.29) is 6.04 Å². The Morgan fingerprint density at radius 1 is 1.31 bits per heavy atom. The molecule has 2 aliphatic heterocycles. The third kappa shape index (κ3) is 1.16. The Labute approximate surface area is 82.3 Å². The van der Waals surface area contributed by atoms with Crippen LogP contribution in [0.4, 0.5) is 0 Å². The summed E-state index contributed by atoms with van der Waals surface area (Å²) in [5.41, 5.74) is 9.14. The summed E-state index contributed by atoms with van der Waals surface area (Å²) >= 11 is 5.01. The van der Waals surface area contributed by atoms with Gasteiger partial charge in [0.1, 0.15) is 5.82 Å². The van der Waals surface area contributed by atoms with E-state index in [2.05, 4.69) is 22.9 Å². The van der Waals surface area contributed by atoms with Crippen molar-refractivity contribution >= 4 is 17.3 Å². The number of rotatable bonds is 0. The highest BCUT2D eigenvalue weighted by Crippen LogP contribution is 2.23. The average molecular weight is 196 g/mol. The first-order chi connectivity index (χ1) is 6.09. The number of hydrogen-bond donors (Lipinski definition) is 4. The molecule has 1 unspecified atom stereocenters. The van der Waals surface area contributed by atoms with Gasteiger partial charge in [0.15, 0.2) is 5.11 Å². The van der Waals surface area contributed by atoms with Crippen LogP contribution in [0, 0.1) is 0 Å². The number of nitrogens with two attached hydrogens (primary N) is 1. The number of hydrogen-bond acceptors (Lipinski definition) is 3. The van der Waals surface area contributed by atoms with E-state index in [1.165, 1.54) is 5.57 Å². The fraction of sp³-hybridized carbons (Fsp3) is 0.375. The van der Waals surface area contributed by atoms with Gasteiger partial charge in [-0.25, -0.2) is 0 Å². The maximum absolute atomic E-state index is 5.79. The largest absolute Gasteiger partial charge is 0.384 e. The number of nitrogens with one attached hydrogen (secondary N) is 3. The van der Waals surface area contributed by atoms with Gasteiger partial charge in [-0.3, -0.25) is 0 Å². The van der Waals surface area contributed by atoms with Crippen molar-refractivity contribution in [2.45, 2.75) is 19.9 Å². The van der Waals surface area contributed by atoms with Gasteiger partial charge in [-0.15, -0.1) is 0 Å². The summed E-state index contributed by atoms with van der Waals surface area (Å²) in [5, 5.41) is 9.84. The Bertz CT molecular complexity index is 342. The van der Waals surface area contributed by atoms with Gasteiger partial charge in [-0.2, -0.15) is 0 Å². The van der Waals surface area contributed by atoms with E-state index in [1.54, 1.807) is 0 Å². The molecular weight excluding hydrogens is 184 g/mol. The van der Waals surface area contributed by atoms with Crippen LogP contribution in [-0.4, -0.2) is 11.2 Å². The molecule has 5 heteroatoms. The van der Waals surface area contributed by atoms with Gasteiger partial charge < -0.3 is 21.7 Å². The summed E-state index contributed by atoms with van der Waals surface area (Å²) in [4.78, 5) is 0. The molecule has 0 aliphatic carbocycles.